The summed E-state index contributed by atoms with van der Waals surface area (Å²) in [4.78, 5) is 4.71. The van der Waals surface area contributed by atoms with E-state index in [2.05, 4.69) is 12.2 Å². The maximum absolute atomic E-state index is 13.8. The summed E-state index contributed by atoms with van der Waals surface area (Å²) in [5.41, 5.74) is 4.24. The summed E-state index contributed by atoms with van der Waals surface area (Å²) in [7, 11) is 0. The Balaban J connectivity index is 2.23. The average molecular weight is 307 g/mol. The summed E-state index contributed by atoms with van der Waals surface area (Å²) in [6, 6.07) is 3.17. The number of aryl methyl sites for hydroxylation is 1. The lowest BCUT2D eigenvalue weighted by Gasteiger charge is -2.17. The molecule has 0 fully saturated rings. The SMILES string of the molecule is CCCNc1c2c(nc3cc(F)c(Cl)cc13)CCCCC2. The van der Waals surface area contributed by atoms with Crippen LogP contribution in [-0.4, -0.2) is 11.5 Å². The Kier molecular flexibility index (Phi) is 4.29. The maximum atomic E-state index is 13.8. The van der Waals surface area contributed by atoms with Crippen LogP contribution < -0.4 is 5.32 Å². The van der Waals surface area contributed by atoms with Gasteiger partial charge < -0.3 is 5.32 Å². The molecule has 0 unspecified atom stereocenters. The number of hydrogen-bond acceptors (Lipinski definition) is 2. The highest BCUT2D eigenvalue weighted by Crippen LogP contribution is 2.34. The lowest BCUT2D eigenvalue weighted by molar-refractivity contribution is 0.629. The molecule has 1 heterocycles. The zero-order valence-electron chi connectivity index (χ0n) is 12.3. The maximum Gasteiger partial charge on any atom is 0.143 e. The molecule has 0 saturated carbocycles. The Bertz CT molecular complexity index is 670. The molecule has 3 rings (SSSR count). The Morgan fingerprint density at radius 2 is 2.05 bits per heavy atom. The van der Waals surface area contributed by atoms with Crippen LogP contribution in [0.3, 0.4) is 0 Å². The normalized spacial score (nSPS) is 14.8. The fraction of sp³-hybridized carbons (Fsp3) is 0.471. The molecule has 0 amide bonds. The largest absolute Gasteiger partial charge is 0.384 e. The molecule has 4 heteroatoms. The van der Waals surface area contributed by atoms with Crippen LogP contribution in [0.4, 0.5) is 10.1 Å². The molecule has 0 radical (unpaired) electrons. The summed E-state index contributed by atoms with van der Waals surface area (Å²) in [5.74, 6) is -0.397. The van der Waals surface area contributed by atoms with Crippen LogP contribution in [0.15, 0.2) is 12.1 Å². The average Bonchev–Trinajstić information content (AvgIpc) is 2.70. The third kappa shape index (κ3) is 2.84. The van der Waals surface area contributed by atoms with Gasteiger partial charge in [-0.2, -0.15) is 0 Å². The highest BCUT2D eigenvalue weighted by Gasteiger charge is 2.18. The molecule has 0 bridgehead atoms. The van der Waals surface area contributed by atoms with E-state index in [-0.39, 0.29) is 5.02 Å². The number of fused-ring (bicyclic) bond motifs is 2. The van der Waals surface area contributed by atoms with Crippen molar-refractivity contribution in [2.75, 3.05) is 11.9 Å². The van der Waals surface area contributed by atoms with Gasteiger partial charge in [0.05, 0.1) is 10.5 Å². The first-order valence-corrected chi connectivity index (χ1v) is 8.13. The molecule has 1 aromatic heterocycles. The van der Waals surface area contributed by atoms with Gasteiger partial charge in [-0.1, -0.05) is 24.9 Å². The number of nitrogens with one attached hydrogen (secondary N) is 1. The van der Waals surface area contributed by atoms with Crippen LogP contribution in [0.2, 0.25) is 5.02 Å². The summed E-state index contributed by atoms with van der Waals surface area (Å²) < 4.78 is 13.8. The molecule has 112 valence electrons. The highest BCUT2D eigenvalue weighted by molar-refractivity contribution is 6.31. The number of aromatic nitrogens is 1. The number of anilines is 1. The van der Waals surface area contributed by atoms with Crippen molar-refractivity contribution >= 4 is 28.2 Å². The van der Waals surface area contributed by atoms with Crippen molar-refractivity contribution < 1.29 is 4.39 Å². The highest BCUT2D eigenvalue weighted by atomic mass is 35.5. The molecule has 2 nitrogen and oxygen atoms in total. The van der Waals surface area contributed by atoms with Gasteiger partial charge in [-0.25, -0.2) is 4.39 Å². The fourth-order valence-electron chi connectivity index (χ4n) is 3.05. The van der Waals surface area contributed by atoms with Crippen molar-refractivity contribution in [3.8, 4) is 0 Å². The number of hydrogen-bond donors (Lipinski definition) is 1. The van der Waals surface area contributed by atoms with E-state index in [4.69, 9.17) is 16.6 Å². The predicted molar refractivity (Wildman–Crippen MR) is 86.8 cm³/mol. The zero-order chi connectivity index (χ0) is 14.8. The standard InChI is InChI=1S/C17H20ClFN2/c1-2-8-20-17-11-6-4-3-5-7-15(11)21-16-10-14(19)13(18)9-12(16)17/h9-10H,2-8H2,1H3,(H,20,21). The Labute approximate surface area is 129 Å². The Morgan fingerprint density at radius 3 is 2.86 bits per heavy atom. The molecule has 2 aromatic rings. The van der Waals surface area contributed by atoms with E-state index < -0.39 is 5.82 Å². The van der Waals surface area contributed by atoms with Crippen molar-refractivity contribution in [3.05, 3.63) is 34.2 Å². The van der Waals surface area contributed by atoms with E-state index in [1.165, 1.54) is 24.5 Å². The van der Waals surface area contributed by atoms with Gasteiger partial charge in [0.25, 0.3) is 0 Å². The minimum absolute atomic E-state index is 0.164. The Morgan fingerprint density at radius 1 is 1.24 bits per heavy atom. The molecule has 1 aromatic carbocycles. The Hall–Kier alpha value is -1.35. The topological polar surface area (TPSA) is 24.9 Å². The first kappa shape index (κ1) is 14.6. The molecule has 21 heavy (non-hydrogen) atoms. The van der Waals surface area contributed by atoms with Crippen LogP contribution in [0.1, 0.15) is 43.9 Å². The number of nitrogens with zero attached hydrogens (tertiary/aromatic N) is 1. The third-order valence-electron chi connectivity index (χ3n) is 4.11. The van der Waals surface area contributed by atoms with E-state index in [1.807, 2.05) is 0 Å². The monoisotopic (exact) mass is 306 g/mol. The minimum atomic E-state index is -0.397. The third-order valence-corrected chi connectivity index (χ3v) is 4.40. The molecule has 0 saturated heterocycles. The van der Waals surface area contributed by atoms with Crippen LogP contribution in [0.5, 0.6) is 0 Å². The van der Waals surface area contributed by atoms with Crippen LogP contribution in [0.25, 0.3) is 10.9 Å². The van der Waals surface area contributed by atoms with E-state index in [0.717, 1.165) is 49.0 Å². The van der Waals surface area contributed by atoms with Gasteiger partial charge in [0.15, 0.2) is 0 Å². The van der Waals surface area contributed by atoms with E-state index in [1.54, 1.807) is 6.07 Å². The molecule has 1 N–H and O–H groups in total. The lowest BCUT2D eigenvalue weighted by Crippen LogP contribution is -2.08. The number of benzene rings is 1. The second-order valence-electron chi connectivity index (χ2n) is 5.68. The summed E-state index contributed by atoms with van der Waals surface area (Å²) in [6.45, 7) is 3.04. The van der Waals surface area contributed by atoms with E-state index >= 15 is 0 Å². The van der Waals surface area contributed by atoms with Crippen LogP contribution in [0, 0.1) is 5.82 Å². The molecule has 1 aliphatic carbocycles. The van der Waals surface area contributed by atoms with Gasteiger partial charge >= 0.3 is 0 Å². The van der Waals surface area contributed by atoms with E-state index in [0.29, 0.717) is 5.52 Å². The summed E-state index contributed by atoms with van der Waals surface area (Å²) in [6.07, 6.45) is 6.66. The molecular weight excluding hydrogens is 287 g/mol. The van der Waals surface area contributed by atoms with Gasteiger partial charge in [0.2, 0.25) is 0 Å². The first-order valence-electron chi connectivity index (χ1n) is 7.75. The zero-order valence-corrected chi connectivity index (χ0v) is 13.1. The minimum Gasteiger partial charge on any atom is -0.384 e. The van der Waals surface area contributed by atoms with Gasteiger partial charge in [-0.3, -0.25) is 4.98 Å². The second kappa shape index (κ2) is 6.18. The molecular formula is C17H20ClFN2. The van der Waals surface area contributed by atoms with Crippen molar-refractivity contribution in [3.63, 3.8) is 0 Å². The number of rotatable bonds is 3. The van der Waals surface area contributed by atoms with Gasteiger partial charge in [0.1, 0.15) is 5.82 Å². The van der Waals surface area contributed by atoms with E-state index in [9.17, 15) is 4.39 Å². The van der Waals surface area contributed by atoms with Gasteiger partial charge in [-0.05, 0) is 43.7 Å². The predicted octanol–water partition coefficient (Wildman–Crippen LogP) is 5.12. The van der Waals surface area contributed by atoms with Crippen molar-refractivity contribution in [1.82, 2.24) is 4.98 Å². The van der Waals surface area contributed by atoms with Gasteiger partial charge in [-0.15, -0.1) is 0 Å². The summed E-state index contributed by atoms with van der Waals surface area (Å²) in [5, 5.41) is 4.62. The number of pyridine rings is 1. The smallest absolute Gasteiger partial charge is 0.143 e. The fourth-order valence-corrected chi connectivity index (χ4v) is 3.21. The second-order valence-corrected chi connectivity index (χ2v) is 6.09. The van der Waals surface area contributed by atoms with Crippen molar-refractivity contribution in [1.29, 1.82) is 0 Å². The lowest BCUT2D eigenvalue weighted by atomic mass is 10.0. The number of halogens is 2. The molecule has 0 aliphatic heterocycles. The van der Waals surface area contributed by atoms with Crippen LogP contribution >= 0.6 is 11.6 Å². The first-order chi connectivity index (χ1) is 10.2. The molecule has 0 atom stereocenters. The quantitative estimate of drug-likeness (QED) is 0.796. The van der Waals surface area contributed by atoms with Crippen molar-refractivity contribution in [2.45, 2.75) is 45.4 Å². The summed E-state index contributed by atoms with van der Waals surface area (Å²) >= 11 is 5.98. The van der Waals surface area contributed by atoms with Crippen LogP contribution in [-0.2, 0) is 12.8 Å². The van der Waals surface area contributed by atoms with Gasteiger partial charge in [0, 0.05) is 29.4 Å². The molecule has 1 aliphatic rings. The molecule has 0 spiro atoms. The van der Waals surface area contributed by atoms with Crippen molar-refractivity contribution in [2.24, 2.45) is 0 Å².